The van der Waals surface area contributed by atoms with Crippen molar-refractivity contribution in [2.24, 2.45) is 7.05 Å². The number of amides is 1. The molecule has 0 radical (unpaired) electrons. The number of hydrogen-bond donors (Lipinski definition) is 0. The first-order chi connectivity index (χ1) is 15.4. The van der Waals surface area contributed by atoms with Crippen LogP contribution in [0.4, 0.5) is 5.69 Å². The molecule has 0 spiro atoms. The molecular formula is C25H25ClN4OS. The number of rotatable bonds is 3. The molecule has 32 heavy (non-hydrogen) atoms. The molecule has 5 nitrogen and oxygen atoms in total. The summed E-state index contributed by atoms with van der Waals surface area (Å²) >= 11 is 7.56. The number of piperazine rings is 1. The van der Waals surface area contributed by atoms with Crippen molar-refractivity contribution in [1.82, 2.24) is 14.7 Å². The van der Waals surface area contributed by atoms with Gasteiger partial charge in [0.15, 0.2) is 0 Å². The molecule has 0 unspecified atom stereocenters. The fourth-order valence-corrected chi connectivity index (χ4v) is 5.62. The second-order valence-electron chi connectivity index (χ2n) is 8.44. The lowest BCUT2D eigenvalue weighted by molar-refractivity contribution is 0.0731. The summed E-state index contributed by atoms with van der Waals surface area (Å²) in [5.41, 5.74) is 4.36. The van der Waals surface area contributed by atoms with Gasteiger partial charge >= 0.3 is 0 Å². The number of thiophene rings is 1. The molecule has 1 saturated heterocycles. The average molecular weight is 465 g/mol. The largest absolute Gasteiger partial charge is 0.365 e. The molecule has 1 aliphatic rings. The Morgan fingerprint density at radius 1 is 1.12 bits per heavy atom. The molecule has 1 fully saturated rings. The zero-order valence-electron chi connectivity index (χ0n) is 18.4. The Hall–Kier alpha value is -2.83. The molecule has 1 amide bonds. The molecule has 5 rings (SSSR count). The molecule has 2 aromatic heterocycles. The molecule has 3 heterocycles. The standard InChI is InChI=1S/C25H25ClN4OS/c1-16-5-4-6-20(13-16)30-12-11-29(15-17(30)2)24(31)22-14-21-23(27-28(3)25(21)32-22)18-7-9-19(26)10-8-18/h4-10,13-14,17H,11-12,15H2,1-3H3/t17-/m0/s1. The third kappa shape index (κ3) is 3.78. The average Bonchev–Trinajstić information content (AvgIpc) is 3.34. The zero-order valence-corrected chi connectivity index (χ0v) is 20.0. The summed E-state index contributed by atoms with van der Waals surface area (Å²) in [6.07, 6.45) is 0. The minimum absolute atomic E-state index is 0.101. The van der Waals surface area contributed by atoms with Crippen molar-refractivity contribution in [2.45, 2.75) is 19.9 Å². The van der Waals surface area contributed by atoms with Crippen LogP contribution in [0, 0.1) is 6.92 Å². The van der Waals surface area contributed by atoms with Crippen LogP contribution in [0.3, 0.4) is 0 Å². The van der Waals surface area contributed by atoms with Crippen LogP contribution in [0.5, 0.6) is 0 Å². The third-order valence-corrected chi connectivity index (χ3v) is 7.53. The van der Waals surface area contributed by atoms with Gasteiger partial charge in [-0.2, -0.15) is 5.10 Å². The molecule has 164 valence electrons. The van der Waals surface area contributed by atoms with Crippen molar-refractivity contribution in [3.63, 3.8) is 0 Å². The van der Waals surface area contributed by atoms with Crippen LogP contribution in [0.25, 0.3) is 21.5 Å². The van der Waals surface area contributed by atoms with Gasteiger partial charge in [-0.25, -0.2) is 0 Å². The molecule has 2 aromatic carbocycles. The SMILES string of the molecule is Cc1cccc(N2CCN(C(=O)c3cc4c(-c5ccc(Cl)cc5)nn(C)c4s3)C[C@@H]2C)c1. The van der Waals surface area contributed by atoms with Gasteiger partial charge in [0.25, 0.3) is 5.91 Å². The quantitative estimate of drug-likeness (QED) is 0.395. The smallest absolute Gasteiger partial charge is 0.264 e. The topological polar surface area (TPSA) is 41.4 Å². The predicted octanol–water partition coefficient (Wildman–Crippen LogP) is 5.61. The first kappa shape index (κ1) is 21.0. The molecule has 0 bridgehead atoms. The molecule has 0 aliphatic carbocycles. The van der Waals surface area contributed by atoms with Crippen molar-refractivity contribution in [3.8, 4) is 11.3 Å². The lowest BCUT2D eigenvalue weighted by Gasteiger charge is -2.41. The molecule has 7 heteroatoms. The molecule has 4 aromatic rings. The maximum absolute atomic E-state index is 13.4. The Labute approximate surface area is 196 Å². The van der Waals surface area contributed by atoms with E-state index in [2.05, 4.69) is 48.1 Å². The van der Waals surface area contributed by atoms with Gasteiger partial charge in [0, 0.05) is 54.4 Å². The maximum Gasteiger partial charge on any atom is 0.264 e. The van der Waals surface area contributed by atoms with Gasteiger partial charge in [0.2, 0.25) is 0 Å². The van der Waals surface area contributed by atoms with Crippen LogP contribution in [0.1, 0.15) is 22.2 Å². The fraction of sp³-hybridized carbons (Fsp3) is 0.280. The van der Waals surface area contributed by atoms with Crippen LogP contribution >= 0.6 is 22.9 Å². The highest BCUT2D eigenvalue weighted by Crippen LogP contribution is 2.35. The summed E-state index contributed by atoms with van der Waals surface area (Å²) in [6, 6.07) is 18.5. The highest BCUT2D eigenvalue weighted by atomic mass is 35.5. The molecule has 1 atom stereocenters. The van der Waals surface area contributed by atoms with Crippen LogP contribution in [0.15, 0.2) is 54.6 Å². The van der Waals surface area contributed by atoms with Gasteiger partial charge in [-0.05, 0) is 49.7 Å². The fourth-order valence-electron chi connectivity index (χ4n) is 4.46. The summed E-state index contributed by atoms with van der Waals surface area (Å²) < 4.78 is 1.86. The Balaban J connectivity index is 1.38. The normalized spacial score (nSPS) is 16.7. The van der Waals surface area contributed by atoms with Gasteiger partial charge in [0.1, 0.15) is 10.5 Å². The number of aryl methyl sites for hydroxylation is 2. The number of fused-ring (bicyclic) bond motifs is 1. The first-order valence-corrected chi connectivity index (χ1v) is 12.0. The van der Waals surface area contributed by atoms with Crippen molar-refractivity contribution in [1.29, 1.82) is 0 Å². The van der Waals surface area contributed by atoms with E-state index in [1.807, 2.05) is 47.0 Å². The number of nitrogens with zero attached hydrogens (tertiary/aromatic N) is 4. The second-order valence-corrected chi connectivity index (χ2v) is 9.91. The number of anilines is 1. The maximum atomic E-state index is 13.4. The number of carbonyl (C=O) groups excluding carboxylic acids is 1. The summed E-state index contributed by atoms with van der Waals surface area (Å²) in [4.78, 5) is 19.5. The molecule has 1 aliphatic heterocycles. The predicted molar refractivity (Wildman–Crippen MR) is 133 cm³/mol. The number of hydrogen-bond acceptors (Lipinski definition) is 4. The second kappa shape index (κ2) is 8.26. The van der Waals surface area contributed by atoms with E-state index < -0.39 is 0 Å². The Kier molecular flexibility index (Phi) is 5.43. The van der Waals surface area contributed by atoms with Crippen molar-refractivity contribution in [3.05, 3.63) is 70.1 Å². The summed E-state index contributed by atoms with van der Waals surface area (Å²) in [5, 5.41) is 6.38. The summed E-state index contributed by atoms with van der Waals surface area (Å²) in [5.74, 6) is 0.101. The van der Waals surface area contributed by atoms with Crippen LogP contribution in [-0.2, 0) is 7.05 Å². The number of halogens is 1. The van der Waals surface area contributed by atoms with E-state index in [-0.39, 0.29) is 11.9 Å². The van der Waals surface area contributed by atoms with E-state index in [9.17, 15) is 4.79 Å². The van der Waals surface area contributed by atoms with Gasteiger partial charge in [-0.1, -0.05) is 35.9 Å². The van der Waals surface area contributed by atoms with Gasteiger partial charge in [-0.3, -0.25) is 9.48 Å². The van der Waals surface area contributed by atoms with Crippen LogP contribution in [-0.4, -0.2) is 46.3 Å². The Bertz CT molecular complexity index is 1290. The number of carbonyl (C=O) groups is 1. The Morgan fingerprint density at radius 3 is 2.62 bits per heavy atom. The van der Waals surface area contributed by atoms with Crippen LogP contribution in [0.2, 0.25) is 5.02 Å². The van der Waals surface area contributed by atoms with Crippen LogP contribution < -0.4 is 4.90 Å². The van der Waals surface area contributed by atoms with E-state index in [0.717, 1.165) is 32.9 Å². The summed E-state index contributed by atoms with van der Waals surface area (Å²) in [6.45, 7) is 6.56. The van der Waals surface area contributed by atoms with E-state index in [1.165, 1.54) is 22.6 Å². The van der Waals surface area contributed by atoms with Gasteiger partial charge < -0.3 is 9.80 Å². The number of aromatic nitrogens is 2. The third-order valence-electron chi connectivity index (χ3n) is 6.09. The van der Waals surface area contributed by atoms with Crippen molar-refractivity contribution < 1.29 is 4.79 Å². The van der Waals surface area contributed by atoms with E-state index >= 15 is 0 Å². The molecular weight excluding hydrogens is 440 g/mol. The summed E-state index contributed by atoms with van der Waals surface area (Å²) in [7, 11) is 1.93. The monoisotopic (exact) mass is 464 g/mol. The van der Waals surface area contributed by atoms with Crippen molar-refractivity contribution >= 4 is 44.7 Å². The van der Waals surface area contributed by atoms with E-state index in [4.69, 9.17) is 11.6 Å². The lowest BCUT2D eigenvalue weighted by Crippen LogP contribution is -2.53. The van der Waals surface area contributed by atoms with Gasteiger partial charge in [0.05, 0.1) is 4.88 Å². The zero-order chi connectivity index (χ0) is 22.4. The highest BCUT2D eigenvalue weighted by Gasteiger charge is 2.29. The van der Waals surface area contributed by atoms with Gasteiger partial charge in [-0.15, -0.1) is 11.3 Å². The van der Waals surface area contributed by atoms with E-state index in [0.29, 0.717) is 18.1 Å². The number of benzene rings is 2. The minimum Gasteiger partial charge on any atom is -0.365 e. The first-order valence-electron chi connectivity index (χ1n) is 10.8. The molecule has 0 saturated carbocycles. The van der Waals surface area contributed by atoms with E-state index in [1.54, 1.807) is 0 Å². The molecule has 0 N–H and O–H groups in total. The Morgan fingerprint density at radius 2 is 1.91 bits per heavy atom. The van der Waals surface area contributed by atoms with Crippen molar-refractivity contribution in [2.75, 3.05) is 24.5 Å². The lowest BCUT2D eigenvalue weighted by atomic mass is 10.1. The highest BCUT2D eigenvalue weighted by molar-refractivity contribution is 7.20. The minimum atomic E-state index is 0.101.